The molecule has 0 amide bonds. The van der Waals surface area contributed by atoms with Gasteiger partial charge >= 0.3 is 0 Å². The van der Waals surface area contributed by atoms with E-state index in [2.05, 4.69) is 24.1 Å². The largest absolute Gasteiger partial charge is 0.316 e. The zero-order valence-corrected chi connectivity index (χ0v) is 8.18. The van der Waals surface area contributed by atoms with Crippen LogP contribution in [0.15, 0.2) is 0 Å². The van der Waals surface area contributed by atoms with E-state index in [0.29, 0.717) is 25.0 Å². The van der Waals surface area contributed by atoms with Crippen molar-refractivity contribution >= 4 is 0 Å². The molecule has 0 saturated carbocycles. The summed E-state index contributed by atoms with van der Waals surface area (Å²) in [5.41, 5.74) is 0. The van der Waals surface area contributed by atoms with Gasteiger partial charge in [-0.05, 0) is 27.3 Å². The minimum absolute atomic E-state index is 0.330. The van der Waals surface area contributed by atoms with Crippen LogP contribution in [0.5, 0.6) is 0 Å². The van der Waals surface area contributed by atoms with E-state index in [4.69, 9.17) is 0 Å². The number of rotatable bonds is 2. The van der Waals surface area contributed by atoms with Crippen LogP contribution < -0.4 is 5.32 Å². The second-order valence-corrected chi connectivity index (χ2v) is 3.87. The molecular weight excluding hydrogens is 155 g/mol. The lowest BCUT2D eigenvalue weighted by Crippen LogP contribution is -2.51. The van der Waals surface area contributed by atoms with E-state index in [1.54, 1.807) is 0 Å². The summed E-state index contributed by atoms with van der Waals surface area (Å²) in [6, 6.07) is 0.788. The fraction of sp³-hybridized carbons (Fsp3) is 1.00. The second-order valence-electron chi connectivity index (χ2n) is 3.87. The van der Waals surface area contributed by atoms with Crippen LogP contribution in [0, 0.1) is 0 Å². The van der Waals surface area contributed by atoms with Crippen LogP contribution >= 0.6 is 0 Å². The minimum Gasteiger partial charge on any atom is -0.316 e. The van der Waals surface area contributed by atoms with Gasteiger partial charge in [-0.1, -0.05) is 0 Å². The molecule has 0 aliphatic carbocycles. The number of nitrogens with zero attached hydrogens (tertiary/aromatic N) is 1. The molecule has 0 spiro atoms. The van der Waals surface area contributed by atoms with Crippen LogP contribution in [-0.2, 0) is 0 Å². The second kappa shape index (κ2) is 4.19. The Kier molecular flexibility index (Phi) is 3.47. The first kappa shape index (κ1) is 9.93. The van der Waals surface area contributed by atoms with Gasteiger partial charge in [-0.25, -0.2) is 4.39 Å². The van der Waals surface area contributed by atoms with Crippen molar-refractivity contribution < 1.29 is 4.39 Å². The molecule has 1 fully saturated rings. The molecule has 2 nitrogen and oxygen atoms in total. The molecule has 2 unspecified atom stereocenters. The quantitative estimate of drug-likeness (QED) is 0.672. The molecule has 1 saturated heterocycles. The lowest BCUT2D eigenvalue weighted by Gasteiger charge is -2.37. The number of nitrogens with one attached hydrogen (secondary N) is 1. The maximum Gasteiger partial charge on any atom is 0.114 e. The topological polar surface area (TPSA) is 15.3 Å². The SMILES string of the molecule is CNC1CC(F)CN(C(C)C)C1. The average Bonchev–Trinajstić information content (AvgIpc) is 2.03. The van der Waals surface area contributed by atoms with E-state index in [1.807, 2.05) is 7.05 Å². The number of likely N-dealkylation sites (N-methyl/N-ethyl adjacent to an activating group) is 1. The van der Waals surface area contributed by atoms with Crippen molar-refractivity contribution in [3.8, 4) is 0 Å². The van der Waals surface area contributed by atoms with Crippen LogP contribution in [0.4, 0.5) is 4.39 Å². The Hall–Kier alpha value is -0.150. The lowest BCUT2D eigenvalue weighted by atomic mass is 10.0. The van der Waals surface area contributed by atoms with Gasteiger partial charge in [0, 0.05) is 25.2 Å². The summed E-state index contributed by atoms with van der Waals surface area (Å²) in [5, 5.41) is 3.14. The third-order valence-corrected chi connectivity index (χ3v) is 2.57. The van der Waals surface area contributed by atoms with Crippen molar-refractivity contribution in [2.24, 2.45) is 0 Å². The van der Waals surface area contributed by atoms with Gasteiger partial charge in [0.05, 0.1) is 0 Å². The predicted octanol–water partition coefficient (Wildman–Crippen LogP) is 1.03. The van der Waals surface area contributed by atoms with Gasteiger partial charge < -0.3 is 5.32 Å². The molecule has 1 heterocycles. The third-order valence-electron chi connectivity index (χ3n) is 2.57. The molecule has 0 radical (unpaired) electrons. The van der Waals surface area contributed by atoms with Crippen LogP contribution in [0.2, 0.25) is 0 Å². The molecule has 3 heteroatoms. The van der Waals surface area contributed by atoms with E-state index in [0.717, 1.165) is 6.54 Å². The molecule has 0 aromatic carbocycles. The Balaban J connectivity index is 2.45. The van der Waals surface area contributed by atoms with Gasteiger partial charge in [0.15, 0.2) is 0 Å². The van der Waals surface area contributed by atoms with Crippen molar-refractivity contribution in [1.82, 2.24) is 10.2 Å². The van der Waals surface area contributed by atoms with Crippen LogP contribution in [-0.4, -0.2) is 43.3 Å². The van der Waals surface area contributed by atoms with Crippen molar-refractivity contribution in [2.45, 2.75) is 38.5 Å². The van der Waals surface area contributed by atoms with Gasteiger partial charge in [0.25, 0.3) is 0 Å². The van der Waals surface area contributed by atoms with Gasteiger partial charge in [-0.3, -0.25) is 4.90 Å². The molecule has 0 bridgehead atoms. The predicted molar refractivity (Wildman–Crippen MR) is 49.1 cm³/mol. The maximum atomic E-state index is 13.1. The zero-order chi connectivity index (χ0) is 9.14. The van der Waals surface area contributed by atoms with E-state index >= 15 is 0 Å². The molecular formula is C9H19FN2. The first-order chi connectivity index (χ1) is 5.63. The van der Waals surface area contributed by atoms with Gasteiger partial charge in [-0.15, -0.1) is 0 Å². The minimum atomic E-state index is -0.654. The zero-order valence-electron chi connectivity index (χ0n) is 8.18. The van der Waals surface area contributed by atoms with E-state index in [-0.39, 0.29) is 0 Å². The number of piperidine rings is 1. The standard InChI is InChI=1S/C9H19FN2/c1-7(2)12-5-8(10)4-9(6-12)11-3/h7-9,11H,4-6H2,1-3H3. The fourth-order valence-corrected chi connectivity index (χ4v) is 1.70. The highest BCUT2D eigenvalue weighted by Crippen LogP contribution is 2.15. The molecule has 12 heavy (non-hydrogen) atoms. The van der Waals surface area contributed by atoms with E-state index in [1.165, 1.54) is 0 Å². The molecule has 1 aliphatic rings. The summed E-state index contributed by atoms with van der Waals surface area (Å²) in [6.45, 7) is 5.82. The fourth-order valence-electron chi connectivity index (χ4n) is 1.70. The van der Waals surface area contributed by atoms with Crippen molar-refractivity contribution in [3.63, 3.8) is 0 Å². The van der Waals surface area contributed by atoms with E-state index in [9.17, 15) is 4.39 Å². The summed E-state index contributed by atoms with van der Waals surface area (Å²) in [5.74, 6) is 0. The Bertz CT molecular complexity index is 138. The molecule has 0 aromatic rings. The smallest absolute Gasteiger partial charge is 0.114 e. The Morgan fingerprint density at radius 3 is 2.58 bits per heavy atom. The highest BCUT2D eigenvalue weighted by atomic mass is 19.1. The molecule has 1 aliphatic heterocycles. The lowest BCUT2D eigenvalue weighted by molar-refractivity contribution is 0.0900. The Labute approximate surface area is 74.1 Å². The highest BCUT2D eigenvalue weighted by Gasteiger charge is 2.27. The Morgan fingerprint density at radius 2 is 2.08 bits per heavy atom. The average molecular weight is 174 g/mol. The van der Waals surface area contributed by atoms with Gasteiger partial charge in [0.2, 0.25) is 0 Å². The number of hydrogen-bond acceptors (Lipinski definition) is 2. The highest BCUT2D eigenvalue weighted by molar-refractivity contribution is 4.83. The number of alkyl halides is 1. The van der Waals surface area contributed by atoms with Crippen LogP contribution in [0.1, 0.15) is 20.3 Å². The molecule has 1 rings (SSSR count). The molecule has 1 N–H and O–H groups in total. The van der Waals surface area contributed by atoms with Crippen LogP contribution in [0.25, 0.3) is 0 Å². The molecule has 2 atom stereocenters. The number of likely N-dealkylation sites (tertiary alicyclic amines) is 1. The van der Waals surface area contributed by atoms with Gasteiger partial charge in [-0.2, -0.15) is 0 Å². The Morgan fingerprint density at radius 1 is 1.42 bits per heavy atom. The van der Waals surface area contributed by atoms with E-state index < -0.39 is 6.17 Å². The van der Waals surface area contributed by atoms with Crippen molar-refractivity contribution in [1.29, 1.82) is 0 Å². The molecule has 0 aromatic heterocycles. The summed E-state index contributed by atoms with van der Waals surface area (Å²) in [6.07, 6.45) is 0.0123. The molecule has 72 valence electrons. The number of halogens is 1. The third kappa shape index (κ3) is 2.42. The number of hydrogen-bond donors (Lipinski definition) is 1. The first-order valence-electron chi connectivity index (χ1n) is 4.69. The summed E-state index contributed by atoms with van der Waals surface area (Å²) < 4.78 is 13.1. The van der Waals surface area contributed by atoms with Gasteiger partial charge in [0.1, 0.15) is 6.17 Å². The van der Waals surface area contributed by atoms with Crippen molar-refractivity contribution in [3.05, 3.63) is 0 Å². The van der Waals surface area contributed by atoms with Crippen molar-refractivity contribution in [2.75, 3.05) is 20.1 Å². The monoisotopic (exact) mass is 174 g/mol. The van der Waals surface area contributed by atoms with Crippen LogP contribution in [0.3, 0.4) is 0 Å². The summed E-state index contributed by atoms with van der Waals surface area (Å²) in [4.78, 5) is 2.19. The first-order valence-corrected chi connectivity index (χ1v) is 4.69. The normalized spacial score (nSPS) is 32.8. The summed E-state index contributed by atoms with van der Waals surface area (Å²) in [7, 11) is 1.90. The maximum absolute atomic E-state index is 13.1. The summed E-state index contributed by atoms with van der Waals surface area (Å²) >= 11 is 0.